The molecule has 0 unspecified atom stereocenters. The molecule has 2 aromatic rings. The summed E-state index contributed by atoms with van der Waals surface area (Å²) >= 11 is 0. The molecular formula is C31H38O6. The van der Waals surface area contributed by atoms with Crippen LogP contribution in [-0.2, 0) is 41.6 Å². The molecule has 0 spiro atoms. The van der Waals surface area contributed by atoms with Gasteiger partial charge in [-0.15, -0.1) is 0 Å². The van der Waals surface area contributed by atoms with Crippen LogP contribution in [0.15, 0.2) is 48.5 Å². The van der Waals surface area contributed by atoms with E-state index in [1.54, 1.807) is 14.2 Å². The maximum Gasteiger partial charge on any atom is 0.0718 e. The zero-order chi connectivity index (χ0) is 26.0. The predicted molar refractivity (Wildman–Crippen MR) is 143 cm³/mol. The van der Waals surface area contributed by atoms with Crippen molar-refractivity contribution in [2.45, 2.75) is 26.1 Å². The molecule has 0 saturated heterocycles. The molecule has 3 aliphatic rings. The molecule has 0 fully saturated rings. The van der Waals surface area contributed by atoms with Gasteiger partial charge < -0.3 is 28.4 Å². The minimum absolute atomic E-state index is 0.307. The van der Waals surface area contributed by atoms with Crippen LogP contribution in [0.4, 0.5) is 0 Å². The zero-order valence-corrected chi connectivity index (χ0v) is 22.1. The lowest BCUT2D eigenvalue weighted by Crippen LogP contribution is -2.31. The monoisotopic (exact) mass is 506 g/mol. The molecule has 0 radical (unpaired) electrons. The second-order valence-electron chi connectivity index (χ2n) is 9.05. The van der Waals surface area contributed by atoms with Gasteiger partial charge in [-0.05, 0) is 35.4 Å². The number of benzene rings is 2. The van der Waals surface area contributed by atoms with Crippen molar-refractivity contribution in [2.24, 2.45) is 5.41 Å². The highest BCUT2D eigenvalue weighted by Gasteiger charge is 2.29. The molecule has 2 aromatic carbocycles. The van der Waals surface area contributed by atoms with Crippen LogP contribution in [0.2, 0.25) is 0 Å². The highest BCUT2D eigenvalue weighted by molar-refractivity contribution is 5.37. The summed E-state index contributed by atoms with van der Waals surface area (Å²) in [6, 6.07) is 16.3. The first-order chi connectivity index (χ1) is 18.2. The van der Waals surface area contributed by atoms with E-state index in [-0.39, 0.29) is 5.41 Å². The number of fused-ring (bicyclic) bond motifs is 2. The highest BCUT2D eigenvalue weighted by Crippen LogP contribution is 2.27. The Morgan fingerprint density at radius 2 is 0.973 bits per heavy atom. The van der Waals surface area contributed by atoms with E-state index in [0.29, 0.717) is 78.9 Å². The molecule has 6 nitrogen and oxygen atoms in total. The van der Waals surface area contributed by atoms with Crippen LogP contribution in [0.1, 0.15) is 35.1 Å². The average molecular weight is 507 g/mol. The third kappa shape index (κ3) is 11.1. The van der Waals surface area contributed by atoms with Crippen molar-refractivity contribution in [3.8, 4) is 23.7 Å². The van der Waals surface area contributed by atoms with Gasteiger partial charge in [0.15, 0.2) is 0 Å². The number of methoxy groups -OCH3 is 2. The van der Waals surface area contributed by atoms with E-state index >= 15 is 0 Å². The van der Waals surface area contributed by atoms with Crippen LogP contribution in [0.25, 0.3) is 0 Å². The Morgan fingerprint density at radius 1 is 0.595 bits per heavy atom. The zero-order valence-electron chi connectivity index (χ0n) is 22.1. The van der Waals surface area contributed by atoms with Crippen molar-refractivity contribution in [1.82, 2.24) is 0 Å². The number of ether oxygens (including phenoxy) is 6. The summed E-state index contributed by atoms with van der Waals surface area (Å²) in [7, 11) is 3.41. The first kappa shape index (κ1) is 28.9. The quantitative estimate of drug-likeness (QED) is 0.579. The lowest BCUT2D eigenvalue weighted by Gasteiger charge is -2.28. The van der Waals surface area contributed by atoms with Crippen molar-refractivity contribution >= 4 is 0 Å². The summed E-state index contributed by atoms with van der Waals surface area (Å²) in [6.45, 7) is 5.33. The molecule has 4 bridgehead atoms. The Bertz CT molecular complexity index is 938. The molecule has 0 aromatic heterocycles. The molecule has 5 rings (SSSR count). The molecule has 198 valence electrons. The highest BCUT2D eigenvalue weighted by atomic mass is 16.6. The van der Waals surface area contributed by atoms with Gasteiger partial charge in [0.25, 0.3) is 0 Å². The summed E-state index contributed by atoms with van der Waals surface area (Å²) in [6.07, 6.45) is 1.24. The smallest absolute Gasteiger partial charge is 0.0718 e. The van der Waals surface area contributed by atoms with E-state index in [2.05, 4.69) is 23.7 Å². The Balaban J connectivity index is 1.71. The van der Waals surface area contributed by atoms with E-state index in [4.69, 9.17) is 28.4 Å². The third-order valence-corrected chi connectivity index (χ3v) is 5.85. The van der Waals surface area contributed by atoms with Gasteiger partial charge in [-0.2, -0.15) is 0 Å². The van der Waals surface area contributed by atoms with Crippen LogP contribution in [0, 0.1) is 29.1 Å². The van der Waals surface area contributed by atoms with Crippen LogP contribution in [0.5, 0.6) is 0 Å². The van der Waals surface area contributed by atoms with E-state index < -0.39 is 0 Å². The van der Waals surface area contributed by atoms with Crippen LogP contribution >= 0.6 is 0 Å². The first-order valence-electron chi connectivity index (χ1n) is 12.7. The minimum atomic E-state index is -0.307. The molecule has 0 atom stereocenters. The summed E-state index contributed by atoms with van der Waals surface area (Å²) in [5.41, 5.74) is 3.82. The maximum absolute atomic E-state index is 5.71. The SMILES string of the molecule is COCC1(COC)CC#Cc2ccc(cc2)COCCOCCOCCOCc2ccc(cc2)C#CC1. The lowest BCUT2D eigenvalue weighted by molar-refractivity contribution is -0.00618. The maximum atomic E-state index is 5.71. The van der Waals surface area contributed by atoms with E-state index in [1.807, 2.05) is 48.5 Å². The summed E-state index contributed by atoms with van der Waals surface area (Å²) in [5.74, 6) is 13.2. The Labute approximate surface area is 221 Å². The largest absolute Gasteiger partial charge is 0.384 e. The van der Waals surface area contributed by atoms with Gasteiger partial charge in [0, 0.05) is 43.6 Å². The Morgan fingerprint density at radius 3 is 1.35 bits per heavy atom. The lowest BCUT2D eigenvalue weighted by atomic mass is 9.83. The van der Waals surface area contributed by atoms with Gasteiger partial charge >= 0.3 is 0 Å². The molecule has 37 heavy (non-hydrogen) atoms. The van der Waals surface area contributed by atoms with Gasteiger partial charge in [0.2, 0.25) is 0 Å². The molecule has 0 aliphatic carbocycles. The van der Waals surface area contributed by atoms with E-state index in [0.717, 1.165) is 22.3 Å². The summed E-state index contributed by atoms with van der Waals surface area (Å²) in [5, 5.41) is 0. The van der Waals surface area contributed by atoms with Gasteiger partial charge in [-0.1, -0.05) is 47.9 Å². The molecule has 0 N–H and O–H groups in total. The number of hydrogen-bond donors (Lipinski definition) is 0. The van der Waals surface area contributed by atoms with Crippen LogP contribution < -0.4 is 0 Å². The minimum Gasteiger partial charge on any atom is -0.384 e. The van der Waals surface area contributed by atoms with Gasteiger partial charge in [-0.25, -0.2) is 0 Å². The third-order valence-electron chi connectivity index (χ3n) is 5.85. The van der Waals surface area contributed by atoms with Crippen LogP contribution in [-0.4, -0.2) is 67.1 Å². The first-order valence-corrected chi connectivity index (χ1v) is 12.7. The van der Waals surface area contributed by atoms with Crippen molar-refractivity contribution in [1.29, 1.82) is 0 Å². The van der Waals surface area contributed by atoms with Gasteiger partial charge in [0.1, 0.15) is 0 Å². The molecule has 3 heterocycles. The topological polar surface area (TPSA) is 55.4 Å². The fraction of sp³-hybridized carbons (Fsp3) is 0.484. The fourth-order valence-corrected chi connectivity index (χ4v) is 3.89. The Kier molecular flexibility index (Phi) is 13.2. The van der Waals surface area contributed by atoms with E-state index in [9.17, 15) is 0 Å². The molecule has 0 amide bonds. The van der Waals surface area contributed by atoms with Gasteiger partial charge in [-0.3, -0.25) is 0 Å². The number of rotatable bonds is 4. The fourth-order valence-electron chi connectivity index (χ4n) is 3.89. The predicted octanol–water partition coefficient (Wildman–Crippen LogP) is 4.23. The molecule has 0 saturated carbocycles. The summed E-state index contributed by atoms with van der Waals surface area (Å²) < 4.78 is 33.6. The van der Waals surface area contributed by atoms with Crippen molar-refractivity contribution < 1.29 is 28.4 Å². The average Bonchev–Trinajstić information content (AvgIpc) is 2.91. The molecule has 3 aliphatic heterocycles. The van der Waals surface area contributed by atoms with Crippen molar-refractivity contribution in [2.75, 3.05) is 67.1 Å². The number of hydrogen-bond acceptors (Lipinski definition) is 6. The van der Waals surface area contributed by atoms with Crippen molar-refractivity contribution in [3.63, 3.8) is 0 Å². The second kappa shape index (κ2) is 16.9. The van der Waals surface area contributed by atoms with Crippen molar-refractivity contribution in [3.05, 3.63) is 70.8 Å². The molecule has 6 heteroatoms. The molecular weight excluding hydrogens is 468 g/mol. The standard InChI is InChI=1S/C31H38O6/c1-32-25-31(26-33-2)15-3-5-27-7-11-29(12-8-27)23-36-21-19-34-17-18-35-20-22-37-24-30-13-9-28(10-14-30)6-4-16-31/h7-14H,15-26H2,1-2H3. The van der Waals surface area contributed by atoms with Gasteiger partial charge in [0.05, 0.1) is 66.1 Å². The Hall–Kier alpha value is -2.68. The van der Waals surface area contributed by atoms with E-state index in [1.165, 1.54) is 0 Å². The normalized spacial score (nSPS) is 17.7. The summed E-state index contributed by atoms with van der Waals surface area (Å²) in [4.78, 5) is 0. The van der Waals surface area contributed by atoms with Crippen LogP contribution in [0.3, 0.4) is 0 Å². The second-order valence-corrected chi connectivity index (χ2v) is 9.05.